The first kappa shape index (κ1) is 19.8. The van der Waals surface area contributed by atoms with E-state index in [0.29, 0.717) is 41.6 Å². The van der Waals surface area contributed by atoms with Crippen LogP contribution in [-0.2, 0) is 0 Å². The van der Waals surface area contributed by atoms with E-state index in [0.717, 1.165) is 0 Å². The van der Waals surface area contributed by atoms with Crippen molar-refractivity contribution in [3.05, 3.63) is 60.2 Å². The Kier molecular flexibility index (Phi) is 7.25. The molecule has 7 heteroatoms. The number of phenolic OH excluding ortho intramolecular Hbond substituents is 1. The van der Waals surface area contributed by atoms with Gasteiger partial charge in [0, 0.05) is 5.56 Å². The van der Waals surface area contributed by atoms with Crippen LogP contribution in [0, 0.1) is 0 Å². The first-order valence-electron chi connectivity index (χ1n) is 8.30. The van der Waals surface area contributed by atoms with Crippen LogP contribution in [0.2, 0.25) is 0 Å². The summed E-state index contributed by atoms with van der Waals surface area (Å²) in [5.74, 6) is 0.961. The van der Waals surface area contributed by atoms with E-state index in [1.165, 1.54) is 19.4 Å². The molecule has 2 aromatic carbocycles. The Morgan fingerprint density at radius 2 is 2.00 bits per heavy atom. The van der Waals surface area contributed by atoms with E-state index >= 15 is 0 Å². The van der Waals surface area contributed by atoms with Crippen LogP contribution in [0.3, 0.4) is 0 Å². The zero-order valence-electron chi connectivity index (χ0n) is 15.3. The molecule has 0 aromatic heterocycles. The van der Waals surface area contributed by atoms with Crippen LogP contribution in [0.25, 0.3) is 0 Å². The third-order valence-electron chi connectivity index (χ3n) is 3.45. The molecule has 1 amide bonds. The van der Waals surface area contributed by atoms with Gasteiger partial charge in [0.1, 0.15) is 6.61 Å². The summed E-state index contributed by atoms with van der Waals surface area (Å²) in [7, 11) is 1.45. The molecule has 0 atom stereocenters. The Balaban J connectivity index is 2.08. The fourth-order valence-electron chi connectivity index (χ4n) is 2.19. The van der Waals surface area contributed by atoms with Crippen molar-refractivity contribution in [3.8, 4) is 23.0 Å². The van der Waals surface area contributed by atoms with Crippen molar-refractivity contribution in [2.45, 2.75) is 6.92 Å². The zero-order valence-corrected chi connectivity index (χ0v) is 15.3. The van der Waals surface area contributed by atoms with E-state index in [4.69, 9.17) is 14.2 Å². The van der Waals surface area contributed by atoms with Crippen molar-refractivity contribution in [3.63, 3.8) is 0 Å². The van der Waals surface area contributed by atoms with Crippen LogP contribution < -0.4 is 19.6 Å². The highest BCUT2D eigenvalue weighted by Gasteiger charge is 2.11. The Morgan fingerprint density at radius 3 is 2.70 bits per heavy atom. The number of amides is 1. The number of carbonyl (C=O) groups excluding carboxylic acids is 1. The Bertz CT molecular complexity index is 833. The molecular formula is C20H22N2O5. The normalized spacial score (nSPS) is 10.4. The minimum absolute atomic E-state index is 0.0286. The van der Waals surface area contributed by atoms with Crippen molar-refractivity contribution >= 4 is 12.1 Å². The van der Waals surface area contributed by atoms with Gasteiger partial charge in [-0.3, -0.25) is 4.79 Å². The second kappa shape index (κ2) is 9.86. The average molecular weight is 370 g/mol. The molecule has 2 N–H and O–H groups in total. The summed E-state index contributed by atoms with van der Waals surface area (Å²) in [6.45, 7) is 6.23. The number of phenols is 1. The van der Waals surface area contributed by atoms with Gasteiger partial charge in [-0.05, 0) is 48.9 Å². The highest BCUT2D eigenvalue weighted by molar-refractivity contribution is 5.95. The van der Waals surface area contributed by atoms with E-state index in [1.54, 1.807) is 36.4 Å². The maximum Gasteiger partial charge on any atom is 0.271 e. The summed E-state index contributed by atoms with van der Waals surface area (Å²) in [6.07, 6.45) is 3.08. The molecule has 2 aromatic rings. The molecule has 0 saturated heterocycles. The molecule has 2 rings (SSSR count). The molecule has 0 aliphatic heterocycles. The Labute approximate surface area is 157 Å². The van der Waals surface area contributed by atoms with Crippen LogP contribution in [0.4, 0.5) is 0 Å². The number of ether oxygens (including phenoxy) is 3. The third-order valence-corrected chi connectivity index (χ3v) is 3.45. The van der Waals surface area contributed by atoms with Crippen molar-refractivity contribution < 1.29 is 24.1 Å². The highest BCUT2D eigenvalue weighted by Crippen LogP contribution is 2.28. The number of hydrazone groups is 1. The third kappa shape index (κ3) is 5.50. The molecule has 0 radical (unpaired) electrons. The molecule has 0 spiro atoms. The molecule has 0 fully saturated rings. The van der Waals surface area contributed by atoms with Crippen molar-refractivity contribution in [1.82, 2.24) is 5.43 Å². The molecule has 27 heavy (non-hydrogen) atoms. The predicted molar refractivity (Wildman–Crippen MR) is 103 cm³/mol. The van der Waals surface area contributed by atoms with E-state index in [-0.39, 0.29) is 5.75 Å². The van der Waals surface area contributed by atoms with Crippen LogP contribution in [0.15, 0.2) is 54.2 Å². The van der Waals surface area contributed by atoms with Crippen molar-refractivity contribution in [2.24, 2.45) is 5.10 Å². The number of methoxy groups -OCH3 is 1. The molecule has 7 nitrogen and oxygen atoms in total. The summed E-state index contributed by atoms with van der Waals surface area (Å²) in [5.41, 5.74) is 3.49. The molecule has 142 valence electrons. The summed E-state index contributed by atoms with van der Waals surface area (Å²) < 4.78 is 16.1. The van der Waals surface area contributed by atoms with Crippen LogP contribution in [0.1, 0.15) is 22.8 Å². The van der Waals surface area contributed by atoms with Gasteiger partial charge in [-0.2, -0.15) is 5.10 Å². The van der Waals surface area contributed by atoms with Crippen molar-refractivity contribution in [2.75, 3.05) is 20.3 Å². The highest BCUT2D eigenvalue weighted by atomic mass is 16.5. The Hall–Kier alpha value is -3.48. The number of nitrogens with zero attached hydrogens (tertiary/aromatic N) is 1. The molecule has 0 bridgehead atoms. The monoisotopic (exact) mass is 370 g/mol. The first-order valence-corrected chi connectivity index (χ1v) is 8.30. The summed E-state index contributed by atoms with van der Waals surface area (Å²) in [5, 5.41) is 13.5. The van der Waals surface area contributed by atoms with Gasteiger partial charge in [-0.15, -0.1) is 0 Å². The fraction of sp³-hybridized carbons (Fsp3) is 0.200. The lowest BCUT2D eigenvalue weighted by Crippen LogP contribution is -2.17. The van der Waals surface area contributed by atoms with Crippen LogP contribution in [-0.4, -0.2) is 37.6 Å². The number of aromatic hydroxyl groups is 1. The molecule has 0 unspecified atom stereocenters. The smallest absolute Gasteiger partial charge is 0.271 e. The minimum atomic E-state index is -0.395. The molecule has 0 heterocycles. The number of hydrogen-bond acceptors (Lipinski definition) is 6. The van der Waals surface area contributed by atoms with Crippen LogP contribution in [0.5, 0.6) is 23.0 Å². The lowest BCUT2D eigenvalue weighted by molar-refractivity contribution is 0.0954. The maximum atomic E-state index is 12.3. The van der Waals surface area contributed by atoms with Gasteiger partial charge < -0.3 is 19.3 Å². The van der Waals surface area contributed by atoms with Gasteiger partial charge in [-0.1, -0.05) is 12.7 Å². The van der Waals surface area contributed by atoms with Crippen molar-refractivity contribution in [1.29, 1.82) is 0 Å². The zero-order chi connectivity index (χ0) is 19.6. The molecule has 0 saturated carbocycles. The quantitative estimate of drug-likeness (QED) is 0.402. The topological polar surface area (TPSA) is 89.4 Å². The van der Waals surface area contributed by atoms with E-state index in [9.17, 15) is 9.90 Å². The molecular weight excluding hydrogens is 348 g/mol. The minimum Gasteiger partial charge on any atom is -0.504 e. The summed E-state index contributed by atoms with van der Waals surface area (Å²) >= 11 is 0. The molecule has 0 aliphatic rings. The average Bonchev–Trinajstić information content (AvgIpc) is 2.68. The lowest BCUT2D eigenvalue weighted by atomic mass is 10.2. The SMILES string of the molecule is C=CCOc1ccc(C(=O)N/N=C/c2ccc(O)c(OC)c2)cc1OCC. The maximum absolute atomic E-state index is 12.3. The van der Waals surface area contributed by atoms with Gasteiger partial charge in [0.2, 0.25) is 0 Å². The number of rotatable bonds is 9. The van der Waals surface area contributed by atoms with E-state index in [2.05, 4.69) is 17.1 Å². The van der Waals surface area contributed by atoms with Gasteiger partial charge in [0.25, 0.3) is 5.91 Å². The standard InChI is InChI=1S/C20H22N2O5/c1-4-10-27-17-9-7-15(12-19(17)26-5-2)20(24)22-21-13-14-6-8-16(23)18(11-14)25-3/h4,6-9,11-13,23H,1,5,10H2,2-3H3,(H,22,24)/b21-13+. The second-order valence-corrected chi connectivity index (χ2v) is 5.32. The van der Waals surface area contributed by atoms with Gasteiger partial charge in [0.05, 0.1) is 19.9 Å². The number of carbonyl (C=O) groups is 1. The van der Waals surface area contributed by atoms with E-state index < -0.39 is 5.91 Å². The second-order valence-electron chi connectivity index (χ2n) is 5.32. The Morgan fingerprint density at radius 1 is 1.19 bits per heavy atom. The number of hydrogen-bond donors (Lipinski definition) is 2. The first-order chi connectivity index (χ1) is 13.1. The van der Waals surface area contributed by atoms with Gasteiger partial charge in [0.15, 0.2) is 23.0 Å². The van der Waals surface area contributed by atoms with Crippen LogP contribution >= 0.6 is 0 Å². The van der Waals surface area contributed by atoms with Gasteiger partial charge >= 0.3 is 0 Å². The number of benzene rings is 2. The largest absolute Gasteiger partial charge is 0.504 e. The fourth-order valence-corrected chi connectivity index (χ4v) is 2.19. The van der Waals surface area contributed by atoms with E-state index in [1.807, 2.05) is 6.92 Å². The lowest BCUT2D eigenvalue weighted by Gasteiger charge is -2.12. The number of nitrogens with one attached hydrogen (secondary N) is 1. The summed E-state index contributed by atoms with van der Waals surface area (Å²) in [4.78, 5) is 12.3. The van der Waals surface area contributed by atoms with Gasteiger partial charge in [-0.25, -0.2) is 5.43 Å². The summed E-state index contributed by atoms with van der Waals surface area (Å²) in [6, 6.07) is 9.61. The predicted octanol–water partition coefficient (Wildman–Crippen LogP) is 3.13. The molecule has 0 aliphatic carbocycles.